The highest BCUT2D eigenvalue weighted by molar-refractivity contribution is 6.23. The summed E-state index contributed by atoms with van der Waals surface area (Å²) in [5, 5.41) is 4.93. The number of benzene rings is 9. The third kappa shape index (κ3) is 5.71. The van der Waals surface area contributed by atoms with E-state index in [1.807, 2.05) is 0 Å². The fourth-order valence-corrected chi connectivity index (χ4v) is 8.40. The van der Waals surface area contributed by atoms with Crippen molar-refractivity contribution in [3.05, 3.63) is 206 Å². The Balaban J connectivity index is 1.27. The van der Waals surface area contributed by atoms with E-state index in [1.165, 1.54) is 77.2 Å². The Morgan fingerprint density at radius 3 is 1.58 bits per heavy atom. The molecule has 0 amide bonds. The molecule has 10 aromatic rings. The summed E-state index contributed by atoms with van der Waals surface area (Å²) in [6, 6.07) is 72.8. The average molecular weight is 703 g/mol. The Labute approximate surface area is 321 Å². The summed E-state index contributed by atoms with van der Waals surface area (Å²) in [5.74, 6) is 1.06. The number of aryl methyl sites for hydroxylation is 1. The Bertz CT molecular complexity index is 2980. The van der Waals surface area contributed by atoms with Gasteiger partial charge in [0.15, 0.2) is 0 Å². The lowest BCUT2D eigenvalue weighted by Crippen LogP contribution is -2.00. The van der Waals surface area contributed by atoms with Gasteiger partial charge in [0.1, 0.15) is 5.82 Å². The molecule has 2 heteroatoms. The Hall–Kier alpha value is -7.03. The second kappa shape index (κ2) is 13.7. The van der Waals surface area contributed by atoms with Gasteiger partial charge in [-0.2, -0.15) is 0 Å². The maximum Gasteiger partial charge on any atom is 0.114 e. The smallest absolute Gasteiger partial charge is 0.114 e. The third-order valence-corrected chi connectivity index (χ3v) is 11.0. The van der Waals surface area contributed by atoms with Crippen molar-refractivity contribution in [3.63, 3.8) is 0 Å². The van der Waals surface area contributed by atoms with Crippen molar-refractivity contribution in [2.75, 3.05) is 0 Å². The molecular weight excluding hydrogens is 665 g/mol. The molecule has 0 spiro atoms. The van der Waals surface area contributed by atoms with E-state index in [0.29, 0.717) is 0 Å². The van der Waals surface area contributed by atoms with Crippen LogP contribution in [-0.2, 0) is 6.42 Å². The van der Waals surface area contributed by atoms with E-state index in [-0.39, 0.29) is 0 Å². The molecule has 1 heterocycles. The normalized spacial score (nSPS) is 11.4. The first-order chi connectivity index (χ1) is 27.2. The van der Waals surface area contributed by atoms with Crippen LogP contribution in [-0.4, -0.2) is 9.55 Å². The minimum atomic E-state index is 0.853. The van der Waals surface area contributed by atoms with Gasteiger partial charge in [0.05, 0.1) is 11.0 Å². The number of rotatable bonds is 7. The van der Waals surface area contributed by atoms with Crippen molar-refractivity contribution in [2.24, 2.45) is 0 Å². The SMILES string of the molecule is CCc1nc2ccccc2n1-c1ccc(-c2c3ccccc3c(-c3cc(-c4ccccc4)ccc3-c3ccccc3)c3ccc(-c4ccccc4)cc23)cc1. The first-order valence-corrected chi connectivity index (χ1v) is 19.1. The summed E-state index contributed by atoms with van der Waals surface area (Å²) in [5.41, 5.74) is 15.4. The van der Waals surface area contributed by atoms with Crippen LogP contribution >= 0.6 is 0 Å². The zero-order chi connectivity index (χ0) is 36.7. The molecule has 9 aromatic carbocycles. The van der Waals surface area contributed by atoms with Gasteiger partial charge in [-0.3, -0.25) is 4.57 Å². The van der Waals surface area contributed by atoms with Crippen LogP contribution in [0.4, 0.5) is 0 Å². The highest BCUT2D eigenvalue weighted by Crippen LogP contribution is 2.48. The summed E-state index contributed by atoms with van der Waals surface area (Å²) in [4.78, 5) is 4.96. The lowest BCUT2D eigenvalue weighted by Gasteiger charge is -2.21. The molecule has 2 nitrogen and oxygen atoms in total. The quantitative estimate of drug-likeness (QED) is 0.151. The second-order valence-corrected chi connectivity index (χ2v) is 14.2. The van der Waals surface area contributed by atoms with Crippen molar-refractivity contribution >= 4 is 32.6 Å². The third-order valence-electron chi connectivity index (χ3n) is 11.0. The number of para-hydroxylation sites is 2. The van der Waals surface area contributed by atoms with E-state index < -0.39 is 0 Å². The lowest BCUT2D eigenvalue weighted by molar-refractivity contribution is 0.908. The van der Waals surface area contributed by atoms with E-state index in [2.05, 4.69) is 212 Å². The van der Waals surface area contributed by atoms with Gasteiger partial charge in [-0.25, -0.2) is 4.98 Å². The summed E-state index contributed by atoms with van der Waals surface area (Å²) in [6.07, 6.45) is 0.853. The van der Waals surface area contributed by atoms with Crippen LogP contribution < -0.4 is 0 Å². The van der Waals surface area contributed by atoms with Crippen LogP contribution in [0.2, 0.25) is 0 Å². The van der Waals surface area contributed by atoms with E-state index >= 15 is 0 Å². The van der Waals surface area contributed by atoms with Gasteiger partial charge in [0, 0.05) is 12.1 Å². The number of hydrogen-bond acceptors (Lipinski definition) is 1. The van der Waals surface area contributed by atoms with Gasteiger partial charge in [0.25, 0.3) is 0 Å². The molecule has 0 N–H and O–H groups in total. The molecular formula is C53H38N2. The maximum atomic E-state index is 4.96. The zero-order valence-corrected chi connectivity index (χ0v) is 30.7. The topological polar surface area (TPSA) is 17.8 Å². The molecule has 1 aromatic heterocycles. The number of hydrogen-bond donors (Lipinski definition) is 0. The predicted octanol–water partition coefficient (Wildman–Crippen LogP) is 14.2. The van der Waals surface area contributed by atoms with Crippen molar-refractivity contribution in [2.45, 2.75) is 13.3 Å². The van der Waals surface area contributed by atoms with Crippen LogP contribution in [0.25, 0.3) is 93.9 Å². The Morgan fingerprint density at radius 2 is 0.909 bits per heavy atom. The largest absolute Gasteiger partial charge is 0.296 e. The van der Waals surface area contributed by atoms with Gasteiger partial charge in [-0.05, 0) is 114 Å². The van der Waals surface area contributed by atoms with Crippen LogP contribution in [0.5, 0.6) is 0 Å². The van der Waals surface area contributed by atoms with E-state index in [9.17, 15) is 0 Å². The number of imidazole rings is 1. The van der Waals surface area contributed by atoms with Gasteiger partial charge in [0.2, 0.25) is 0 Å². The first kappa shape index (κ1) is 32.6. The standard InChI is InChI=1S/C53H38N2/c1-2-51-54-49-24-14-15-25-50(49)55(51)42-30-26-39(27-31-42)52-44-22-12-13-23-45(44)53(46-33-29-41(35-48(46)52)37-18-8-4-9-19-37)47-34-40(36-16-6-3-7-17-36)28-32-43(47)38-20-10-5-11-21-38/h3-35H,2H2,1H3. The second-order valence-electron chi connectivity index (χ2n) is 14.2. The highest BCUT2D eigenvalue weighted by Gasteiger charge is 2.21. The van der Waals surface area contributed by atoms with Crippen LogP contribution in [0.1, 0.15) is 12.7 Å². The van der Waals surface area contributed by atoms with Crippen molar-refractivity contribution < 1.29 is 0 Å². The molecule has 55 heavy (non-hydrogen) atoms. The molecule has 0 aliphatic carbocycles. The summed E-state index contributed by atoms with van der Waals surface area (Å²) in [7, 11) is 0. The van der Waals surface area contributed by atoms with E-state index in [0.717, 1.165) is 29.0 Å². The minimum Gasteiger partial charge on any atom is -0.296 e. The fourth-order valence-electron chi connectivity index (χ4n) is 8.40. The first-order valence-electron chi connectivity index (χ1n) is 19.1. The molecule has 0 aliphatic heterocycles. The summed E-state index contributed by atoms with van der Waals surface area (Å²) in [6.45, 7) is 2.18. The maximum absolute atomic E-state index is 4.96. The summed E-state index contributed by atoms with van der Waals surface area (Å²) < 4.78 is 2.30. The van der Waals surface area contributed by atoms with Crippen molar-refractivity contribution in [1.82, 2.24) is 9.55 Å². The zero-order valence-electron chi connectivity index (χ0n) is 30.7. The summed E-state index contributed by atoms with van der Waals surface area (Å²) >= 11 is 0. The predicted molar refractivity (Wildman–Crippen MR) is 233 cm³/mol. The van der Waals surface area contributed by atoms with E-state index in [1.54, 1.807) is 0 Å². The van der Waals surface area contributed by atoms with Crippen LogP contribution in [0, 0.1) is 0 Å². The molecule has 0 atom stereocenters. The average Bonchev–Trinajstić information content (AvgIpc) is 3.65. The van der Waals surface area contributed by atoms with Gasteiger partial charge in [-0.1, -0.05) is 171 Å². The molecule has 260 valence electrons. The molecule has 0 saturated carbocycles. The highest BCUT2D eigenvalue weighted by atomic mass is 15.1. The Morgan fingerprint density at radius 1 is 0.382 bits per heavy atom. The van der Waals surface area contributed by atoms with E-state index in [4.69, 9.17) is 4.98 Å². The number of fused-ring (bicyclic) bond motifs is 3. The monoisotopic (exact) mass is 702 g/mol. The molecule has 0 fully saturated rings. The Kier molecular flexibility index (Phi) is 8.15. The molecule has 0 saturated heterocycles. The number of aromatic nitrogens is 2. The van der Waals surface area contributed by atoms with Crippen LogP contribution in [0.3, 0.4) is 0 Å². The van der Waals surface area contributed by atoms with Gasteiger partial charge in [-0.15, -0.1) is 0 Å². The lowest BCUT2D eigenvalue weighted by atomic mass is 9.82. The van der Waals surface area contributed by atoms with Crippen LogP contribution in [0.15, 0.2) is 200 Å². The molecule has 0 bridgehead atoms. The molecule has 0 aliphatic rings. The van der Waals surface area contributed by atoms with Crippen molar-refractivity contribution in [1.29, 1.82) is 0 Å². The van der Waals surface area contributed by atoms with Crippen molar-refractivity contribution in [3.8, 4) is 61.3 Å². The molecule has 0 unspecified atom stereocenters. The van der Waals surface area contributed by atoms with Gasteiger partial charge >= 0.3 is 0 Å². The molecule has 10 rings (SSSR count). The minimum absolute atomic E-state index is 0.853. The number of nitrogens with zero attached hydrogens (tertiary/aromatic N) is 2. The fraction of sp³-hybridized carbons (Fsp3) is 0.0377. The van der Waals surface area contributed by atoms with Gasteiger partial charge < -0.3 is 0 Å². The molecule has 0 radical (unpaired) electrons.